The summed E-state index contributed by atoms with van der Waals surface area (Å²) in [6.45, 7) is 0. The number of aromatic nitrogens is 2. The topological polar surface area (TPSA) is 28.7 Å². The fourth-order valence-electron chi connectivity index (χ4n) is 1.01. The normalized spacial score (nSPS) is 10.9. The van der Waals surface area contributed by atoms with Gasteiger partial charge in [0.25, 0.3) is 0 Å². The van der Waals surface area contributed by atoms with Gasteiger partial charge in [0.05, 0.1) is 10.5 Å². The van der Waals surface area contributed by atoms with Crippen LogP contribution in [-0.4, -0.2) is 10.2 Å². The molecule has 0 amide bonds. The molecule has 0 spiro atoms. The number of benzene rings is 1. The summed E-state index contributed by atoms with van der Waals surface area (Å²) in [7, 11) is 0. The minimum absolute atomic E-state index is 0.685. The molecule has 0 unspecified atom stereocenters. The van der Waals surface area contributed by atoms with Crippen molar-refractivity contribution in [3.63, 3.8) is 0 Å². The molecule has 0 aliphatic carbocycles. The van der Waals surface area contributed by atoms with E-state index in [1.807, 2.05) is 6.07 Å². The average Bonchev–Trinajstić information content (AvgIpc) is 2.41. The lowest BCUT2D eigenvalue weighted by molar-refractivity contribution is 1.10. The minimum Gasteiger partial charge on any atom is -0.270 e. The molecule has 0 radical (unpaired) electrons. The number of H-pyrrole nitrogens is 1. The molecule has 62 valence electrons. The Bertz CT molecular complexity index is 438. The van der Waals surface area contributed by atoms with Gasteiger partial charge in [-0.05, 0) is 44.0 Å². The van der Waals surface area contributed by atoms with Gasteiger partial charge in [-0.1, -0.05) is 11.6 Å². The van der Waals surface area contributed by atoms with Gasteiger partial charge < -0.3 is 0 Å². The molecular formula is C7H3Br2ClN2. The van der Waals surface area contributed by atoms with Gasteiger partial charge in [-0.15, -0.1) is 0 Å². The van der Waals surface area contributed by atoms with E-state index in [0.717, 1.165) is 20.0 Å². The highest BCUT2D eigenvalue weighted by atomic mass is 79.9. The van der Waals surface area contributed by atoms with Gasteiger partial charge in [0.15, 0.2) is 0 Å². The SMILES string of the molecule is Clc1ccc2n[nH]c(Br)c2c1Br. The van der Waals surface area contributed by atoms with Crippen LogP contribution in [0.25, 0.3) is 10.9 Å². The molecule has 2 aromatic rings. The van der Waals surface area contributed by atoms with Crippen molar-refractivity contribution >= 4 is 54.4 Å². The van der Waals surface area contributed by atoms with E-state index in [1.54, 1.807) is 6.07 Å². The number of rotatable bonds is 0. The summed E-state index contributed by atoms with van der Waals surface area (Å²) < 4.78 is 1.70. The highest BCUT2D eigenvalue weighted by Crippen LogP contribution is 2.34. The first-order valence-corrected chi connectivity index (χ1v) is 5.14. The molecule has 0 bridgehead atoms. The summed E-state index contributed by atoms with van der Waals surface area (Å²) >= 11 is 12.6. The van der Waals surface area contributed by atoms with E-state index in [9.17, 15) is 0 Å². The summed E-state index contributed by atoms with van der Waals surface area (Å²) in [6, 6.07) is 3.67. The summed E-state index contributed by atoms with van der Waals surface area (Å²) in [6.07, 6.45) is 0. The Kier molecular flexibility index (Phi) is 2.14. The number of hydrogen-bond donors (Lipinski definition) is 1. The maximum atomic E-state index is 5.91. The van der Waals surface area contributed by atoms with E-state index >= 15 is 0 Å². The summed E-state index contributed by atoms with van der Waals surface area (Å²) in [5.41, 5.74) is 0.887. The van der Waals surface area contributed by atoms with Crippen molar-refractivity contribution in [2.45, 2.75) is 0 Å². The molecule has 1 aromatic heterocycles. The molecule has 1 heterocycles. The molecule has 2 rings (SSSR count). The number of hydrogen-bond acceptors (Lipinski definition) is 1. The zero-order valence-corrected chi connectivity index (χ0v) is 9.66. The molecular weight excluding hydrogens is 307 g/mol. The lowest BCUT2D eigenvalue weighted by Crippen LogP contribution is -1.72. The van der Waals surface area contributed by atoms with Crippen LogP contribution in [0.4, 0.5) is 0 Å². The van der Waals surface area contributed by atoms with E-state index in [0.29, 0.717) is 5.02 Å². The number of fused-ring (bicyclic) bond motifs is 1. The Balaban J connectivity index is 2.96. The number of nitrogens with one attached hydrogen (secondary N) is 1. The van der Waals surface area contributed by atoms with Crippen molar-refractivity contribution in [1.29, 1.82) is 0 Å². The molecule has 1 N–H and O–H groups in total. The van der Waals surface area contributed by atoms with Gasteiger partial charge in [0.1, 0.15) is 4.60 Å². The van der Waals surface area contributed by atoms with Crippen LogP contribution >= 0.6 is 43.5 Å². The van der Waals surface area contributed by atoms with Gasteiger partial charge in [-0.3, -0.25) is 5.10 Å². The summed E-state index contributed by atoms with van der Waals surface area (Å²) in [5.74, 6) is 0. The number of aromatic amines is 1. The highest BCUT2D eigenvalue weighted by Gasteiger charge is 2.08. The molecule has 5 heteroatoms. The van der Waals surface area contributed by atoms with Crippen molar-refractivity contribution in [1.82, 2.24) is 10.2 Å². The average molecular weight is 310 g/mol. The van der Waals surface area contributed by atoms with E-state index in [4.69, 9.17) is 11.6 Å². The summed E-state index contributed by atoms with van der Waals surface area (Å²) in [5, 5.41) is 8.54. The van der Waals surface area contributed by atoms with Crippen molar-refractivity contribution in [3.05, 3.63) is 26.2 Å². The maximum absolute atomic E-state index is 5.91. The fraction of sp³-hybridized carbons (Fsp3) is 0. The Labute approximate surface area is 90.5 Å². The van der Waals surface area contributed by atoms with E-state index < -0.39 is 0 Å². The summed E-state index contributed by atoms with van der Waals surface area (Å²) in [4.78, 5) is 0. The first kappa shape index (κ1) is 8.53. The highest BCUT2D eigenvalue weighted by molar-refractivity contribution is 9.11. The third-order valence-corrected chi connectivity index (χ3v) is 3.51. The second kappa shape index (κ2) is 3.01. The van der Waals surface area contributed by atoms with Crippen LogP contribution in [0.5, 0.6) is 0 Å². The zero-order valence-electron chi connectivity index (χ0n) is 5.74. The fourth-order valence-corrected chi connectivity index (χ4v) is 2.45. The monoisotopic (exact) mass is 308 g/mol. The molecule has 0 fully saturated rings. The standard InChI is InChI=1S/C7H3Br2ClN2/c8-6-3(10)1-2-4-5(6)7(9)12-11-4/h1-2H,(H,11,12). The Morgan fingerprint density at radius 3 is 2.83 bits per heavy atom. The minimum atomic E-state index is 0.685. The third-order valence-electron chi connectivity index (χ3n) is 1.57. The van der Waals surface area contributed by atoms with Crippen molar-refractivity contribution in [3.8, 4) is 0 Å². The van der Waals surface area contributed by atoms with Crippen LogP contribution in [0.1, 0.15) is 0 Å². The molecule has 0 aliphatic heterocycles. The molecule has 0 aliphatic rings. The predicted molar refractivity (Wildman–Crippen MR) is 56.5 cm³/mol. The van der Waals surface area contributed by atoms with Gasteiger partial charge in [-0.2, -0.15) is 5.10 Å². The quantitative estimate of drug-likeness (QED) is 0.789. The van der Waals surface area contributed by atoms with Crippen LogP contribution < -0.4 is 0 Å². The van der Waals surface area contributed by atoms with E-state index in [1.165, 1.54) is 0 Å². The van der Waals surface area contributed by atoms with Crippen LogP contribution in [0, 0.1) is 0 Å². The van der Waals surface area contributed by atoms with E-state index in [-0.39, 0.29) is 0 Å². The smallest absolute Gasteiger partial charge is 0.109 e. The van der Waals surface area contributed by atoms with Gasteiger partial charge >= 0.3 is 0 Å². The van der Waals surface area contributed by atoms with Crippen LogP contribution in [-0.2, 0) is 0 Å². The second-order valence-corrected chi connectivity index (χ2v) is 4.29. The van der Waals surface area contributed by atoms with Crippen LogP contribution in [0.15, 0.2) is 21.2 Å². The molecule has 0 saturated carbocycles. The lowest BCUT2D eigenvalue weighted by atomic mass is 10.3. The first-order valence-electron chi connectivity index (χ1n) is 3.17. The van der Waals surface area contributed by atoms with Gasteiger partial charge in [0, 0.05) is 9.86 Å². The molecule has 0 saturated heterocycles. The van der Waals surface area contributed by atoms with Gasteiger partial charge in [-0.25, -0.2) is 0 Å². The Hall–Kier alpha value is -0.0600. The molecule has 12 heavy (non-hydrogen) atoms. The largest absolute Gasteiger partial charge is 0.270 e. The third kappa shape index (κ3) is 1.18. The van der Waals surface area contributed by atoms with Crippen LogP contribution in [0.3, 0.4) is 0 Å². The van der Waals surface area contributed by atoms with Gasteiger partial charge in [0.2, 0.25) is 0 Å². The van der Waals surface area contributed by atoms with Crippen LogP contribution in [0.2, 0.25) is 5.02 Å². The lowest BCUT2D eigenvalue weighted by Gasteiger charge is -1.95. The zero-order chi connectivity index (χ0) is 8.72. The number of nitrogens with zero attached hydrogens (tertiary/aromatic N) is 1. The molecule has 0 atom stereocenters. The Morgan fingerprint density at radius 2 is 2.08 bits per heavy atom. The van der Waals surface area contributed by atoms with Crippen molar-refractivity contribution < 1.29 is 0 Å². The Morgan fingerprint density at radius 1 is 1.33 bits per heavy atom. The van der Waals surface area contributed by atoms with Crippen molar-refractivity contribution in [2.75, 3.05) is 0 Å². The maximum Gasteiger partial charge on any atom is 0.109 e. The molecule has 1 aromatic carbocycles. The van der Waals surface area contributed by atoms with E-state index in [2.05, 4.69) is 42.1 Å². The second-order valence-electron chi connectivity index (χ2n) is 2.29. The van der Waals surface area contributed by atoms with Crippen molar-refractivity contribution in [2.24, 2.45) is 0 Å². The number of halogens is 3. The first-order chi connectivity index (χ1) is 5.70. The molecule has 2 nitrogen and oxygen atoms in total. The predicted octanol–water partition coefficient (Wildman–Crippen LogP) is 3.74.